The predicted octanol–water partition coefficient (Wildman–Crippen LogP) is 2.15. The molecule has 0 saturated carbocycles. The van der Waals surface area contributed by atoms with Gasteiger partial charge in [-0.2, -0.15) is 0 Å². The molecule has 0 unspecified atom stereocenters. The molecule has 19 heteroatoms. The van der Waals surface area contributed by atoms with Crippen molar-refractivity contribution in [2.24, 2.45) is 5.11 Å². The second-order valence-corrected chi connectivity index (χ2v) is 11.9. The van der Waals surface area contributed by atoms with E-state index in [9.17, 15) is 34.3 Å². The van der Waals surface area contributed by atoms with Crippen molar-refractivity contribution in [3.8, 4) is 0 Å². The number of hydrogen-bond donors (Lipinski definition) is 0. The van der Waals surface area contributed by atoms with Crippen LogP contribution in [-0.2, 0) is 71.4 Å². The molecular weight excluding hydrogens is 674 g/mol. The topological polar surface area (TPSA) is 234 Å². The van der Waals surface area contributed by atoms with Crippen LogP contribution in [0.2, 0.25) is 0 Å². The van der Waals surface area contributed by atoms with Crippen LogP contribution < -0.4 is 0 Å². The van der Waals surface area contributed by atoms with Gasteiger partial charge in [0.05, 0.1) is 0 Å². The standard InChI is InChI=1S/C30H37N3O15S/c1-14(34)40-12-21-25(42-16(3)36)27(44-18(5)38)28(45-19(6)39)29(46-21)48-24-22(13-41-15(2)35)47-30(49-20-10-8-7-9-11-20)23(32-33-31)26(24)43-17(4)37/h7-11,21-30H,12-13H2,1-6H3/t21-,22-,23-,24-,25-,26-,27+,28+,29+,30+/m1/s1. The first-order valence-corrected chi connectivity index (χ1v) is 15.8. The quantitative estimate of drug-likeness (QED) is 0.0937. The van der Waals surface area contributed by atoms with Crippen LogP contribution in [0.4, 0.5) is 0 Å². The van der Waals surface area contributed by atoms with Gasteiger partial charge in [-0.15, -0.1) is 0 Å². The van der Waals surface area contributed by atoms with Gasteiger partial charge >= 0.3 is 35.8 Å². The molecule has 2 aliphatic rings. The van der Waals surface area contributed by atoms with E-state index in [2.05, 4.69) is 10.0 Å². The second-order valence-electron chi connectivity index (χ2n) is 10.7. The monoisotopic (exact) mass is 711 g/mol. The van der Waals surface area contributed by atoms with E-state index in [0.29, 0.717) is 4.90 Å². The molecule has 0 spiro atoms. The molecule has 18 nitrogen and oxygen atoms in total. The molecule has 0 radical (unpaired) electrons. The molecule has 49 heavy (non-hydrogen) atoms. The van der Waals surface area contributed by atoms with Crippen LogP contribution in [0.5, 0.6) is 0 Å². The third-order valence-corrected chi connectivity index (χ3v) is 7.95. The highest BCUT2D eigenvalue weighted by Crippen LogP contribution is 2.39. The van der Waals surface area contributed by atoms with Crippen molar-refractivity contribution in [3.05, 3.63) is 40.8 Å². The summed E-state index contributed by atoms with van der Waals surface area (Å²) >= 11 is 1.13. The fourth-order valence-electron chi connectivity index (χ4n) is 5.08. The molecule has 0 N–H and O–H groups in total. The second kappa shape index (κ2) is 18.4. The summed E-state index contributed by atoms with van der Waals surface area (Å²) < 4.78 is 51.0. The van der Waals surface area contributed by atoms with Gasteiger partial charge in [-0.1, -0.05) is 35.1 Å². The third-order valence-electron chi connectivity index (χ3n) is 6.79. The summed E-state index contributed by atoms with van der Waals surface area (Å²) in [6.07, 6.45) is -12.0. The van der Waals surface area contributed by atoms with Crippen molar-refractivity contribution in [1.82, 2.24) is 0 Å². The maximum atomic E-state index is 12.5. The Morgan fingerprint density at radius 1 is 0.673 bits per heavy atom. The Kier molecular flexibility index (Phi) is 14.6. The fraction of sp³-hybridized carbons (Fsp3) is 0.600. The van der Waals surface area contributed by atoms with Gasteiger partial charge in [0.25, 0.3) is 0 Å². The Hall–Kier alpha value is -4.42. The van der Waals surface area contributed by atoms with Crippen molar-refractivity contribution in [1.29, 1.82) is 0 Å². The van der Waals surface area contributed by atoms with E-state index in [1.165, 1.54) is 0 Å². The van der Waals surface area contributed by atoms with E-state index in [0.717, 1.165) is 53.3 Å². The predicted molar refractivity (Wildman–Crippen MR) is 163 cm³/mol. The number of ether oxygens (including phenoxy) is 9. The zero-order valence-electron chi connectivity index (χ0n) is 27.4. The average molecular weight is 712 g/mol. The molecule has 2 heterocycles. The number of nitrogens with zero attached hydrogens (tertiary/aromatic N) is 3. The lowest BCUT2D eigenvalue weighted by Crippen LogP contribution is -2.66. The molecule has 2 aliphatic heterocycles. The van der Waals surface area contributed by atoms with Crippen LogP contribution in [0.15, 0.2) is 40.3 Å². The van der Waals surface area contributed by atoms with Gasteiger partial charge in [0.1, 0.15) is 49.1 Å². The van der Waals surface area contributed by atoms with Gasteiger partial charge in [-0.3, -0.25) is 28.8 Å². The van der Waals surface area contributed by atoms with E-state index in [1.54, 1.807) is 30.3 Å². The van der Waals surface area contributed by atoms with Crippen LogP contribution in [0, 0.1) is 0 Å². The van der Waals surface area contributed by atoms with Gasteiger partial charge in [0.15, 0.2) is 24.6 Å². The van der Waals surface area contributed by atoms with E-state index >= 15 is 0 Å². The Labute approximate surface area is 284 Å². The maximum Gasteiger partial charge on any atom is 0.303 e. The summed E-state index contributed by atoms with van der Waals surface area (Å²) in [4.78, 5) is 76.5. The van der Waals surface area contributed by atoms with E-state index in [4.69, 9.17) is 42.6 Å². The number of carbonyl (C=O) groups is 6. The number of hydrogen-bond acceptors (Lipinski definition) is 17. The molecule has 0 aromatic heterocycles. The summed E-state index contributed by atoms with van der Waals surface area (Å²) in [6, 6.07) is 7.60. The van der Waals surface area contributed by atoms with E-state index < -0.39 is 110 Å². The number of rotatable bonds is 13. The lowest BCUT2D eigenvalue weighted by molar-refractivity contribution is -0.336. The number of thioether (sulfide) groups is 1. The van der Waals surface area contributed by atoms with E-state index in [1.807, 2.05) is 0 Å². The Bertz CT molecular complexity index is 1410. The van der Waals surface area contributed by atoms with Gasteiger partial charge in [0.2, 0.25) is 0 Å². The minimum atomic E-state index is -1.74. The maximum absolute atomic E-state index is 12.5. The Morgan fingerprint density at radius 2 is 1.16 bits per heavy atom. The lowest BCUT2D eigenvalue weighted by atomic mass is 9.96. The minimum Gasteiger partial charge on any atom is -0.463 e. The van der Waals surface area contributed by atoms with Crippen LogP contribution >= 0.6 is 11.8 Å². The number of carbonyl (C=O) groups excluding carboxylic acids is 6. The molecule has 3 rings (SSSR count). The first kappa shape index (κ1) is 39.0. The molecule has 1 aromatic rings. The van der Waals surface area contributed by atoms with Gasteiger partial charge < -0.3 is 42.6 Å². The molecule has 0 aliphatic carbocycles. The molecule has 2 fully saturated rings. The molecule has 10 atom stereocenters. The van der Waals surface area contributed by atoms with Crippen molar-refractivity contribution >= 4 is 47.6 Å². The molecular formula is C30H37N3O15S. The molecule has 1 aromatic carbocycles. The van der Waals surface area contributed by atoms with Crippen molar-refractivity contribution in [3.63, 3.8) is 0 Å². The highest BCUT2D eigenvalue weighted by molar-refractivity contribution is 7.99. The summed E-state index contributed by atoms with van der Waals surface area (Å²) in [7, 11) is 0. The highest BCUT2D eigenvalue weighted by atomic mass is 32.2. The molecule has 0 bridgehead atoms. The largest absolute Gasteiger partial charge is 0.463 e. The Morgan fingerprint density at radius 3 is 1.67 bits per heavy atom. The van der Waals surface area contributed by atoms with Crippen molar-refractivity contribution < 1.29 is 71.4 Å². The molecule has 0 amide bonds. The van der Waals surface area contributed by atoms with Gasteiger partial charge in [-0.05, 0) is 17.7 Å². The zero-order chi connectivity index (χ0) is 36.2. The summed E-state index contributed by atoms with van der Waals surface area (Å²) in [6.45, 7) is 5.54. The van der Waals surface area contributed by atoms with Crippen LogP contribution in [0.3, 0.4) is 0 Å². The summed E-state index contributed by atoms with van der Waals surface area (Å²) in [5.41, 5.74) is 8.52. The first-order valence-electron chi connectivity index (χ1n) is 14.9. The van der Waals surface area contributed by atoms with Crippen LogP contribution in [-0.4, -0.2) is 110 Å². The van der Waals surface area contributed by atoms with Crippen molar-refractivity contribution in [2.45, 2.75) is 107 Å². The van der Waals surface area contributed by atoms with Crippen molar-refractivity contribution in [2.75, 3.05) is 13.2 Å². The smallest absolute Gasteiger partial charge is 0.303 e. The SMILES string of the molecule is CC(=O)OC[C@H]1O[C@@H](O[C@H]2[C@H](OC(C)=O)[C@@H](N=[N+]=[N-])[C@H](Sc3ccccc3)O[C@@H]2COC(C)=O)[C@@H](OC(C)=O)[C@@H](OC(C)=O)[C@@H]1OC(C)=O. The van der Waals surface area contributed by atoms with Gasteiger partial charge in [-0.25, -0.2) is 0 Å². The summed E-state index contributed by atoms with van der Waals surface area (Å²) in [5, 5.41) is 3.86. The zero-order valence-corrected chi connectivity index (χ0v) is 28.3. The molecule has 2 saturated heterocycles. The summed E-state index contributed by atoms with van der Waals surface area (Å²) in [5.74, 6) is -4.83. The highest BCUT2D eigenvalue weighted by Gasteiger charge is 2.56. The average Bonchev–Trinajstić information content (AvgIpc) is 3.00. The first-order chi connectivity index (χ1) is 23.2. The van der Waals surface area contributed by atoms with Crippen LogP contribution in [0.25, 0.3) is 10.4 Å². The third kappa shape index (κ3) is 11.6. The normalized spacial score (nSPS) is 29.3. The lowest BCUT2D eigenvalue weighted by Gasteiger charge is -2.48. The van der Waals surface area contributed by atoms with E-state index in [-0.39, 0.29) is 0 Å². The minimum absolute atomic E-state index is 0.460. The number of esters is 6. The number of benzene rings is 1. The van der Waals surface area contributed by atoms with Crippen LogP contribution in [0.1, 0.15) is 41.5 Å². The molecule has 268 valence electrons. The number of azide groups is 1. The fourth-order valence-corrected chi connectivity index (χ4v) is 6.21. The Balaban J connectivity index is 2.15. The van der Waals surface area contributed by atoms with Gasteiger partial charge in [0, 0.05) is 51.3 Å².